The Morgan fingerprint density at radius 3 is 2.79 bits per heavy atom. The van der Waals surface area contributed by atoms with E-state index in [9.17, 15) is 9.59 Å². The molecule has 2 amide bonds. The Hall–Kier alpha value is -3.55. The second-order valence-electron chi connectivity index (χ2n) is 9.13. The summed E-state index contributed by atoms with van der Waals surface area (Å²) < 4.78 is 5.23. The number of hydrazone groups is 1. The summed E-state index contributed by atoms with van der Waals surface area (Å²) in [6, 6.07) is 17.5. The lowest BCUT2D eigenvalue weighted by atomic mass is 9.80. The van der Waals surface area contributed by atoms with Crippen molar-refractivity contribution in [1.82, 2.24) is 15.2 Å². The molecule has 34 heavy (non-hydrogen) atoms. The molecule has 2 fully saturated rings. The maximum atomic E-state index is 13.5. The van der Waals surface area contributed by atoms with E-state index in [1.165, 1.54) is 0 Å². The molecular formula is C26H31N5O3. The van der Waals surface area contributed by atoms with Gasteiger partial charge in [0.25, 0.3) is 0 Å². The zero-order chi connectivity index (χ0) is 23.5. The number of amidine groups is 1. The van der Waals surface area contributed by atoms with E-state index in [2.05, 4.69) is 20.7 Å². The molecule has 1 saturated carbocycles. The molecule has 2 N–H and O–H groups in total. The fourth-order valence-corrected chi connectivity index (χ4v) is 5.33. The highest BCUT2D eigenvalue weighted by Gasteiger charge is 2.50. The number of carbonyl (C=O) groups excluding carboxylic acids is 2. The van der Waals surface area contributed by atoms with Gasteiger partial charge in [-0.1, -0.05) is 49.2 Å². The number of nitrogens with one attached hydrogen (secondary N) is 2. The molecule has 1 aliphatic carbocycles. The molecule has 3 aliphatic rings. The van der Waals surface area contributed by atoms with Crippen LogP contribution in [-0.2, 0) is 16.1 Å². The van der Waals surface area contributed by atoms with Crippen molar-refractivity contribution in [2.24, 2.45) is 11.0 Å². The number of hydrogen-bond donors (Lipinski definition) is 2. The number of rotatable bonds is 7. The largest absolute Gasteiger partial charge is 0.497 e. The first-order chi connectivity index (χ1) is 16.6. The summed E-state index contributed by atoms with van der Waals surface area (Å²) in [5, 5.41) is 7.54. The van der Waals surface area contributed by atoms with Crippen LogP contribution in [0, 0.1) is 5.92 Å². The van der Waals surface area contributed by atoms with Gasteiger partial charge in [-0.15, -0.1) is 0 Å². The number of hydrogen-bond acceptors (Lipinski definition) is 6. The number of amides is 2. The van der Waals surface area contributed by atoms with Crippen molar-refractivity contribution in [2.75, 3.05) is 12.4 Å². The molecule has 0 spiro atoms. The Labute approximate surface area is 200 Å². The monoisotopic (exact) mass is 461 g/mol. The Morgan fingerprint density at radius 2 is 1.97 bits per heavy atom. The lowest BCUT2D eigenvalue weighted by Crippen LogP contribution is -2.67. The molecule has 8 heteroatoms. The second-order valence-corrected chi connectivity index (χ2v) is 9.13. The topological polar surface area (TPSA) is 86.3 Å². The SMILES string of the molecule is COc1cccc(NC(=O)CCC2=NNC3N(Cc4ccccc4)C(=O)C4CCCCC4N23)c1. The van der Waals surface area contributed by atoms with Gasteiger partial charge in [-0.25, -0.2) is 0 Å². The van der Waals surface area contributed by atoms with E-state index in [0.717, 1.165) is 37.1 Å². The maximum Gasteiger partial charge on any atom is 0.231 e. The summed E-state index contributed by atoms with van der Waals surface area (Å²) in [5.74, 6) is 1.66. The smallest absolute Gasteiger partial charge is 0.231 e. The van der Waals surface area contributed by atoms with Crippen LogP contribution in [0.4, 0.5) is 5.69 Å². The van der Waals surface area contributed by atoms with Crippen molar-refractivity contribution in [1.29, 1.82) is 0 Å². The van der Waals surface area contributed by atoms with Gasteiger partial charge in [-0.05, 0) is 30.5 Å². The molecular weight excluding hydrogens is 430 g/mol. The van der Waals surface area contributed by atoms with Gasteiger partial charge < -0.3 is 15.0 Å². The number of ether oxygens (including phenoxy) is 1. The van der Waals surface area contributed by atoms with Crippen LogP contribution < -0.4 is 15.5 Å². The van der Waals surface area contributed by atoms with Crippen LogP contribution in [0.15, 0.2) is 59.7 Å². The minimum atomic E-state index is -0.302. The lowest BCUT2D eigenvalue weighted by molar-refractivity contribution is -0.156. The third kappa shape index (κ3) is 4.44. The van der Waals surface area contributed by atoms with Crippen LogP contribution in [0.25, 0.3) is 0 Å². The lowest BCUT2D eigenvalue weighted by Gasteiger charge is -2.50. The van der Waals surface area contributed by atoms with Gasteiger partial charge in [-0.2, -0.15) is 5.10 Å². The van der Waals surface area contributed by atoms with E-state index in [1.54, 1.807) is 13.2 Å². The quantitative estimate of drug-likeness (QED) is 0.659. The highest BCUT2D eigenvalue weighted by atomic mass is 16.5. The van der Waals surface area contributed by atoms with Gasteiger partial charge in [-0.3, -0.25) is 19.9 Å². The highest BCUT2D eigenvalue weighted by molar-refractivity contribution is 5.95. The van der Waals surface area contributed by atoms with Crippen molar-refractivity contribution >= 4 is 23.3 Å². The van der Waals surface area contributed by atoms with Crippen LogP contribution in [0.5, 0.6) is 5.75 Å². The van der Waals surface area contributed by atoms with E-state index in [1.807, 2.05) is 53.4 Å². The number of carbonyl (C=O) groups is 2. The Kier molecular flexibility index (Phi) is 6.38. The summed E-state index contributed by atoms with van der Waals surface area (Å²) >= 11 is 0. The Morgan fingerprint density at radius 1 is 1.15 bits per heavy atom. The summed E-state index contributed by atoms with van der Waals surface area (Å²) in [4.78, 5) is 30.3. The molecule has 3 unspecified atom stereocenters. The van der Waals surface area contributed by atoms with Gasteiger partial charge in [0.05, 0.1) is 13.0 Å². The minimum absolute atomic E-state index is 0.0237. The molecule has 0 bridgehead atoms. The fourth-order valence-electron chi connectivity index (χ4n) is 5.33. The number of fused-ring (bicyclic) bond motifs is 3. The highest BCUT2D eigenvalue weighted by Crippen LogP contribution is 2.38. The van der Waals surface area contributed by atoms with Crippen molar-refractivity contribution in [3.63, 3.8) is 0 Å². The third-order valence-electron chi connectivity index (χ3n) is 6.98. The molecule has 3 atom stereocenters. The minimum Gasteiger partial charge on any atom is -0.497 e. The van der Waals surface area contributed by atoms with E-state index in [4.69, 9.17) is 4.74 Å². The van der Waals surface area contributed by atoms with Crippen LogP contribution in [0.2, 0.25) is 0 Å². The zero-order valence-corrected chi connectivity index (χ0v) is 19.4. The zero-order valence-electron chi connectivity index (χ0n) is 19.4. The average molecular weight is 462 g/mol. The molecule has 2 heterocycles. The van der Waals surface area contributed by atoms with Crippen molar-refractivity contribution in [3.05, 3.63) is 60.2 Å². The van der Waals surface area contributed by atoms with Crippen LogP contribution >= 0.6 is 0 Å². The molecule has 2 aromatic rings. The van der Waals surface area contributed by atoms with Crippen molar-refractivity contribution in [2.45, 2.75) is 57.4 Å². The number of methoxy groups -OCH3 is 1. The number of benzene rings is 2. The number of nitrogens with zero attached hydrogens (tertiary/aromatic N) is 3. The first kappa shape index (κ1) is 22.3. The van der Waals surface area contributed by atoms with Gasteiger partial charge in [0.2, 0.25) is 11.8 Å². The van der Waals surface area contributed by atoms with Crippen LogP contribution in [0.1, 0.15) is 44.1 Å². The molecule has 1 saturated heterocycles. The maximum absolute atomic E-state index is 13.5. The normalized spacial score (nSPS) is 23.5. The average Bonchev–Trinajstić information content (AvgIpc) is 3.30. The van der Waals surface area contributed by atoms with Crippen molar-refractivity contribution in [3.8, 4) is 5.75 Å². The summed E-state index contributed by atoms with van der Waals surface area (Å²) in [6.45, 7) is 0.538. The molecule has 2 aromatic carbocycles. The van der Waals surface area contributed by atoms with Gasteiger partial charge in [0.15, 0.2) is 6.29 Å². The van der Waals surface area contributed by atoms with E-state index < -0.39 is 0 Å². The predicted molar refractivity (Wildman–Crippen MR) is 130 cm³/mol. The van der Waals surface area contributed by atoms with Crippen LogP contribution in [0.3, 0.4) is 0 Å². The fraction of sp³-hybridized carbons (Fsp3) is 0.423. The van der Waals surface area contributed by atoms with E-state index >= 15 is 0 Å². The van der Waals surface area contributed by atoms with E-state index in [0.29, 0.717) is 30.8 Å². The third-order valence-corrected chi connectivity index (χ3v) is 6.98. The molecule has 8 nitrogen and oxygen atoms in total. The van der Waals surface area contributed by atoms with Crippen LogP contribution in [-0.4, -0.2) is 46.9 Å². The summed E-state index contributed by atoms with van der Waals surface area (Å²) in [7, 11) is 1.60. The summed E-state index contributed by atoms with van der Waals surface area (Å²) in [6.07, 6.45) is 4.59. The second kappa shape index (κ2) is 9.75. The number of anilines is 1. The van der Waals surface area contributed by atoms with Crippen molar-refractivity contribution < 1.29 is 14.3 Å². The summed E-state index contributed by atoms with van der Waals surface area (Å²) in [5.41, 5.74) is 5.00. The Balaban J connectivity index is 1.28. The van der Waals surface area contributed by atoms with E-state index in [-0.39, 0.29) is 30.1 Å². The molecule has 2 aliphatic heterocycles. The predicted octanol–water partition coefficient (Wildman–Crippen LogP) is 3.52. The van der Waals surface area contributed by atoms with Gasteiger partial charge in [0, 0.05) is 37.2 Å². The molecule has 5 rings (SSSR count). The molecule has 178 valence electrons. The van der Waals surface area contributed by atoms with Gasteiger partial charge >= 0.3 is 0 Å². The first-order valence-electron chi connectivity index (χ1n) is 12.0. The van der Waals surface area contributed by atoms with Gasteiger partial charge in [0.1, 0.15) is 11.6 Å². The first-order valence-corrected chi connectivity index (χ1v) is 12.0. The Bertz CT molecular complexity index is 1070. The standard InChI is InChI=1S/C26H31N5O3/c1-34-20-11-7-10-19(16-20)27-24(32)15-14-23-28-29-26-30(17-18-8-3-2-4-9-18)25(33)21-12-5-6-13-22(21)31(23)26/h2-4,7-11,16,21-22,26,29H,5-6,12-15,17H2,1H3,(H,27,32). The molecule has 0 radical (unpaired) electrons. The molecule has 0 aromatic heterocycles.